The van der Waals surface area contributed by atoms with Crippen molar-refractivity contribution in [1.82, 2.24) is 5.16 Å². The summed E-state index contributed by atoms with van der Waals surface area (Å²) in [7, 11) is 0. The maximum absolute atomic E-state index is 11.1. The van der Waals surface area contributed by atoms with Crippen molar-refractivity contribution in [3.05, 3.63) is 47.0 Å². The van der Waals surface area contributed by atoms with Crippen molar-refractivity contribution in [2.45, 2.75) is 12.5 Å². The maximum atomic E-state index is 11.1. The Hall–Kier alpha value is -2.53. The third-order valence-corrected chi connectivity index (χ3v) is 4.02. The summed E-state index contributed by atoms with van der Waals surface area (Å²) in [5.74, 6) is -0.652. The Morgan fingerprint density at radius 3 is 2.82 bits per heavy atom. The first kappa shape index (κ1) is 13.2. The highest BCUT2D eigenvalue weighted by Gasteiger charge is 2.34. The molecule has 1 atom stereocenters. The second-order valence-corrected chi connectivity index (χ2v) is 5.50. The van der Waals surface area contributed by atoms with E-state index in [1.807, 2.05) is 30.3 Å². The van der Waals surface area contributed by atoms with Gasteiger partial charge >= 0.3 is 5.97 Å². The number of carboxylic acid groups (broad SMARTS) is 1. The molecule has 4 rings (SSSR count). The van der Waals surface area contributed by atoms with E-state index in [2.05, 4.69) is 5.16 Å². The van der Waals surface area contributed by atoms with Gasteiger partial charge in [-0.2, -0.15) is 0 Å². The Labute approximate surface area is 130 Å². The quantitative estimate of drug-likeness (QED) is 0.783. The van der Waals surface area contributed by atoms with Crippen LogP contribution < -0.4 is 4.74 Å². The Bertz CT molecular complexity index is 888. The first-order chi connectivity index (χ1) is 10.6. The highest BCUT2D eigenvalue weighted by atomic mass is 35.5. The Balaban J connectivity index is 1.92. The number of halogens is 1. The fourth-order valence-electron chi connectivity index (χ4n) is 2.71. The molecule has 0 saturated heterocycles. The van der Waals surface area contributed by atoms with Crippen LogP contribution in [0.15, 0.2) is 40.9 Å². The fourth-order valence-corrected chi connectivity index (χ4v) is 2.98. The van der Waals surface area contributed by atoms with Crippen LogP contribution in [0.25, 0.3) is 22.2 Å². The van der Waals surface area contributed by atoms with Gasteiger partial charge in [0.05, 0.1) is 10.4 Å². The smallest absolute Gasteiger partial charge is 0.345 e. The van der Waals surface area contributed by atoms with Crippen LogP contribution in [-0.4, -0.2) is 22.3 Å². The topological polar surface area (TPSA) is 72.6 Å². The van der Waals surface area contributed by atoms with E-state index in [0.717, 1.165) is 10.9 Å². The standard InChI is InChI=1S/C16H10ClNO4/c17-11-6-9-13(8-4-2-1-3-5-8)18-22-14(9)10-7-12(16(19)20)21-15(10)11/h1-6,12H,7H2,(H,19,20)/t12-/m1/s1. The molecule has 0 amide bonds. The van der Waals surface area contributed by atoms with Crippen molar-refractivity contribution >= 4 is 28.5 Å². The fraction of sp³-hybridized carbons (Fsp3) is 0.125. The van der Waals surface area contributed by atoms with E-state index in [1.54, 1.807) is 6.07 Å². The minimum absolute atomic E-state index is 0.213. The summed E-state index contributed by atoms with van der Waals surface area (Å²) < 4.78 is 10.9. The summed E-state index contributed by atoms with van der Waals surface area (Å²) in [6.45, 7) is 0. The van der Waals surface area contributed by atoms with E-state index >= 15 is 0 Å². The van der Waals surface area contributed by atoms with Gasteiger partial charge in [-0.3, -0.25) is 0 Å². The van der Waals surface area contributed by atoms with Crippen LogP contribution in [0.5, 0.6) is 5.75 Å². The van der Waals surface area contributed by atoms with Gasteiger partial charge in [-0.05, 0) is 6.07 Å². The molecule has 6 heteroatoms. The molecule has 0 aliphatic carbocycles. The van der Waals surface area contributed by atoms with Gasteiger partial charge in [-0.1, -0.05) is 47.1 Å². The molecule has 1 aromatic heterocycles. The summed E-state index contributed by atoms with van der Waals surface area (Å²) in [6, 6.07) is 11.3. The minimum Gasteiger partial charge on any atom is -0.478 e. The van der Waals surface area contributed by atoms with Gasteiger partial charge in [-0.25, -0.2) is 4.79 Å². The number of aliphatic carboxylic acids is 1. The molecule has 2 heterocycles. The molecular formula is C16H10ClNO4. The SMILES string of the molecule is O=C(O)[C@H]1Cc2c(c(Cl)cc3c(-c4ccccc4)noc23)O1. The van der Waals surface area contributed by atoms with Crippen LogP contribution in [0.1, 0.15) is 5.56 Å². The predicted octanol–water partition coefficient (Wildman–Crippen LogP) is 3.54. The zero-order valence-corrected chi connectivity index (χ0v) is 12.0. The van der Waals surface area contributed by atoms with Crippen molar-refractivity contribution < 1.29 is 19.2 Å². The van der Waals surface area contributed by atoms with E-state index in [9.17, 15) is 4.79 Å². The zero-order valence-electron chi connectivity index (χ0n) is 11.2. The largest absolute Gasteiger partial charge is 0.478 e. The van der Waals surface area contributed by atoms with Crippen molar-refractivity contribution in [2.24, 2.45) is 0 Å². The van der Waals surface area contributed by atoms with E-state index in [1.165, 1.54) is 0 Å². The molecule has 0 bridgehead atoms. The van der Waals surface area contributed by atoms with Gasteiger partial charge in [0.1, 0.15) is 11.4 Å². The summed E-state index contributed by atoms with van der Waals surface area (Å²) in [5.41, 5.74) is 2.77. The van der Waals surface area contributed by atoms with Crippen LogP contribution in [0, 0.1) is 0 Å². The molecule has 0 radical (unpaired) electrons. The van der Waals surface area contributed by atoms with E-state index < -0.39 is 12.1 Å². The molecule has 3 aromatic rings. The third kappa shape index (κ3) is 1.86. The van der Waals surface area contributed by atoms with Crippen molar-refractivity contribution in [1.29, 1.82) is 0 Å². The Kier molecular flexibility index (Phi) is 2.84. The second kappa shape index (κ2) is 4.74. The van der Waals surface area contributed by atoms with E-state index in [0.29, 0.717) is 27.6 Å². The average molecular weight is 316 g/mol. The van der Waals surface area contributed by atoms with Crippen LogP contribution >= 0.6 is 11.6 Å². The molecule has 2 aromatic carbocycles. The molecule has 1 aliphatic heterocycles. The monoisotopic (exact) mass is 315 g/mol. The minimum atomic E-state index is -1.02. The molecule has 110 valence electrons. The lowest BCUT2D eigenvalue weighted by molar-refractivity contribution is -0.144. The lowest BCUT2D eigenvalue weighted by Gasteiger charge is -2.05. The number of ether oxygens (including phenoxy) is 1. The number of rotatable bonds is 2. The van der Waals surface area contributed by atoms with Gasteiger partial charge in [0.2, 0.25) is 0 Å². The lowest BCUT2D eigenvalue weighted by Crippen LogP contribution is -2.24. The van der Waals surface area contributed by atoms with Crippen LogP contribution in [0.2, 0.25) is 5.02 Å². The summed E-state index contributed by atoms with van der Waals surface area (Å²) in [4.78, 5) is 11.1. The first-order valence-corrected chi connectivity index (χ1v) is 7.08. The molecule has 5 nitrogen and oxygen atoms in total. The molecule has 0 spiro atoms. The highest BCUT2D eigenvalue weighted by Crippen LogP contribution is 2.43. The number of nitrogens with zero attached hydrogens (tertiary/aromatic N) is 1. The zero-order chi connectivity index (χ0) is 15.3. The predicted molar refractivity (Wildman–Crippen MR) is 80.2 cm³/mol. The molecular weight excluding hydrogens is 306 g/mol. The van der Waals surface area contributed by atoms with E-state index in [4.69, 9.17) is 26.0 Å². The molecule has 0 saturated carbocycles. The Morgan fingerprint density at radius 1 is 1.32 bits per heavy atom. The lowest BCUT2D eigenvalue weighted by atomic mass is 10.0. The van der Waals surface area contributed by atoms with Gasteiger partial charge < -0.3 is 14.4 Å². The summed E-state index contributed by atoms with van der Waals surface area (Å²) >= 11 is 6.25. The second-order valence-electron chi connectivity index (χ2n) is 5.09. The van der Waals surface area contributed by atoms with Gasteiger partial charge in [0, 0.05) is 17.5 Å². The van der Waals surface area contributed by atoms with Gasteiger partial charge in [0.15, 0.2) is 11.7 Å². The van der Waals surface area contributed by atoms with Crippen LogP contribution in [-0.2, 0) is 11.2 Å². The molecule has 1 N–H and O–H groups in total. The number of fused-ring (bicyclic) bond motifs is 3. The van der Waals surface area contributed by atoms with Gasteiger partial charge in [-0.15, -0.1) is 0 Å². The number of benzene rings is 2. The van der Waals surface area contributed by atoms with Crippen molar-refractivity contribution in [3.63, 3.8) is 0 Å². The first-order valence-electron chi connectivity index (χ1n) is 6.71. The normalized spacial score (nSPS) is 16.5. The van der Waals surface area contributed by atoms with Crippen LogP contribution in [0.3, 0.4) is 0 Å². The van der Waals surface area contributed by atoms with Crippen molar-refractivity contribution in [3.8, 4) is 17.0 Å². The Morgan fingerprint density at radius 2 is 2.09 bits per heavy atom. The highest BCUT2D eigenvalue weighted by molar-refractivity contribution is 6.33. The summed E-state index contributed by atoms with van der Waals surface area (Å²) in [6.07, 6.45) is -0.728. The van der Waals surface area contributed by atoms with Gasteiger partial charge in [0.25, 0.3) is 0 Å². The van der Waals surface area contributed by atoms with Crippen molar-refractivity contribution in [2.75, 3.05) is 0 Å². The molecule has 1 aliphatic rings. The number of aromatic nitrogens is 1. The number of carboxylic acids is 1. The number of hydrogen-bond acceptors (Lipinski definition) is 4. The van der Waals surface area contributed by atoms with E-state index in [-0.39, 0.29) is 6.42 Å². The molecule has 0 unspecified atom stereocenters. The summed E-state index contributed by atoms with van der Waals surface area (Å²) in [5, 5.41) is 14.4. The number of hydrogen-bond donors (Lipinski definition) is 1. The number of carbonyl (C=O) groups is 1. The third-order valence-electron chi connectivity index (χ3n) is 3.74. The average Bonchev–Trinajstić information content (AvgIpc) is 3.12. The molecule has 22 heavy (non-hydrogen) atoms. The van der Waals surface area contributed by atoms with Crippen LogP contribution in [0.4, 0.5) is 0 Å². The molecule has 0 fully saturated rings. The maximum Gasteiger partial charge on any atom is 0.345 e.